The van der Waals surface area contributed by atoms with Gasteiger partial charge < -0.3 is 15.4 Å². The molecule has 0 bridgehead atoms. The van der Waals surface area contributed by atoms with E-state index in [0.29, 0.717) is 6.54 Å². The largest absolute Gasteiger partial charge is 0.488 e. The summed E-state index contributed by atoms with van der Waals surface area (Å²) in [6.07, 6.45) is 4.91. The summed E-state index contributed by atoms with van der Waals surface area (Å²) in [6, 6.07) is 8.19. The molecule has 0 aliphatic carbocycles. The number of fused-ring (bicyclic) bond motifs is 1. The zero-order chi connectivity index (χ0) is 15.4. The van der Waals surface area contributed by atoms with Gasteiger partial charge in [-0.05, 0) is 11.6 Å². The summed E-state index contributed by atoms with van der Waals surface area (Å²) in [5, 5.41) is 10.7. The monoisotopic (exact) mass is 427 g/mol. The smallest absolute Gasteiger partial charge is 0.191 e. The number of hydrogen-bond donors (Lipinski definition) is 2. The molecular weight excluding hydrogens is 405 g/mol. The lowest BCUT2D eigenvalue weighted by Crippen LogP contribution is -2.41. The topological polar surface area (TPSA) is 63.5 Å². The van der Waals surface area contributed by atoms with Gasteiger partial charge in [-0.2, -0.15) is 5.10 Å². The highest BCUT2D eigenvalue weighted by atomic mass is 127. The first-order chi connectivity index (χ1) is 10.7. The summed E-state index contributed by atoms with van der Waals surface area (Å²) in [5.74, 6) is 1.76. The summed E-state index contributed by atoms with van der Waals surface area (Å²) < 4.78 is 7.70. The van der Waals surface area contributed by atoms with Gasteiger partial charge >= 0.3 is 0 Å². The summed E-state index contributed by atoms with van der Waals surface area (Å²) in [6.45, 7) is 1.42. The van der Waals surface area contributed by atoms with Gasteiger partial charge in [-0.15, -0.1) is 24.0 Å². The molecule has 2 aromatic rings. The van der Waals surface area contributed by atoms with E-state index in [1.165, 1.54) is 5.56 Å². The van der Waals surface area contributed by atoms with Crippen molar-refractivity contribution in [1.29, 1.82) is 0 Å². The number of benzene rings is 1. The third-order valence-corrected chi connectivity index (χ3v) is 3.65. The molecular formula is C16H22IN5O. The predicted molar refractivity (Wildman–Crippen MR) is 101 cm³/mol. The Labute approximate surface area is 153 Å². The zero-order valence-corrected chi connectivity index (χ0v) is 15.7. The molecule has 0 fully saturated rings. The first-order valence-electron chi connectivity index (χ1n) is 7.41. The van der Waals surface area contributed by atoms with Crippen molar-refractivity contribution < 1.29 is 4.74 Å². The van der Waals surface area contributed by atoms with Crippen molar-refractivity contribution in [3.8, 4) is 5.75 Å². The van der Waals surface area contributed by atoms with Gasteiger partial charge in [0.1, 0.15) is 11.9 Å². The van der Waals surface area contributed by atoms with Crippen LogP contribution >= 0.6 is 24.0 Å². The summed E-state index contributed by atoms with van der Waals surface area (Å²) in [5.41, 5.74) is 2.39. The van der Waals surface area contributed by atoms with Crippen LogP contribution in [0, 0.1) is 0 Å². The lowest BCUT2D eigenvalue weighted by atomic mass is 10.1. The number of nitrogens with zero attached hydrogens (tertiary/aromatic N) is 3. The van der Waals surface area contributed by atoms with Crippen molar-refractivity contribution in [2.45, 2.75) is 19.1 Å². The maximum absolute atomic E-state index is 5.91. The number of aromatic nitrogens is 2. The van der Waals surface area contributed by atoms with Crippen molar-refractivity contribution >= 4 is 29.9 Å². The Hall–Kier alpha value is -1.77. The standard InChI is InChI=1S/C16H21N5O.HI/c1-17-16(18-8-12-9-20-21(2)11-12)19-10-14-7-13-5-3-4-6-15(13)22-14;/h3-6,9,11,14H,7-8,10H2,1-2H3,(H2,17,18,19);1H. The number of aliphatic imine (C=N–C) groups is 1. The summed E-state index contributed by atoms with van der Waals surface area (Å²) in [4.78, 5) is 4.23. The van der Waals surface area contributed by atoms with Gasteiger partial charge in [-0.1, -0.05) is 18.2 Å². The zero-order valence-electron chi connectivity index (χ0n) is 13.3. The number of guanidine groups is 1. The fourth-order valence-electron chi connectivity index (χ4n) is 2.55. The van der Waals surface area contributed by atoms with Gasteiger partial charge in [0.25, 0.3) is 0 Å². The van der Waals surface area contributed by atoms with Crippen LogP contribution in [0.4, 0.5) is 0 Å². The van der Waals surface area contributed by atoms with Crippen molar-refractivity contribution in [3.63, 3.8) is 0 Å². The van der Waals surface area contributed by atoms with Gasteiger partial charge in [0, 0.05) is 38.8 Å². The molecule has 0 spiro atoms. The second-order valence-electron chi connectivity index (χ2n) is 5.38. The fourth-order valence-corrected chi connectivity index (χ4v) is 2.55. The third-order valence-electron chi connectivity index (χ3n) is 3.65. The number of nitrogens with one attached hydrogen (secondary N) is 2. The Morgan fingerprint density at radius 3 is 2.91 bits per heavy atom. The van der Waals surface area contributed by atoms with Crippen molar-refractivity contribution in [1.82, 2.24) is 20.4 Å². The Morgan fingerprint density at radius 1 is 1.39 bits per heavy atom. The molecule has 0 saturated heterocycles. The molecule has 1 unspecified atom stereocenters. The van der Waals surface area contributed by atoms with Crippen LogP contribution in [-0.4, -0.2) is 35.4 Å². The molecule has 1 atom stereocenters. The molecule has 124 valence electrons. The number of ether oxygens (including phenoxy) is 1. The van der Waals surface area contributed by atoms with Crippen LogP contribution in [0.25, 0.3) is 0 Å². The number of halogens is 1. The number of aryl methyl sites for hydroxylation is 1. The molecule has 1 aliphatic rings. The third kappa shape index (κ3) is 4.60. The van der Waals surface area contributed by atoms with Crippen molar-refractivity contribution in [2.24, 2.45) is 12.0 Å². The van der Waals surface area contributed by atoms with Gasteiger partial charge in [0.15, 0.2) is 5.96 Å². The van der Waals surface area contributed by atoms with E-state index in [1.807, 2.05) is 37.6 Å². The summed E-state index contributed by atoms with van der Waals surface area (Å²) in [7, 11) is 3.68. The van der Waals surface area contributed by atoms with Crippen LogP contribution in [0.5, 0.6) is 5.75 Å². The summed E-state index contributed by atoms with van der Waals surface area (Å²) >= 11 is 0. The maximum Gasteiger partial charge on any atom is 0.191 e. The van der Waals surface area contributed by atoms with E-state index in [0.717, 1.165) is 30.2 Å². The predicted octanol–water partition coefficient (Wildman–Crippen LogP) is 1.71. The number of para-hydroxylation sites is 1. The first-order valence-corrected chi connectivity index (χ1v) is 7.41. The van der Waals surface area contributed by atoms with Crippen LogP contribution in [0.3, 0.4) is 0 Å². The molecule has 7 heteroatoms. The van der Waals surface area contributed by atoms with E-state index in [1.54, 1.807) is 11.7 Å². The molecule has 3 rings (SSSR count). The first kappa shape index (κ1) is 17.6. The van der Waals surface area contributed by atoms with Crippen LogP contribution < -0.4 is 15.4 Å². The normalized spacial score (nSPS) is 16.3. The Kier molecular flexibility index (Phi) is 6.26. The van der Waals surface area contributed by atoms with Crippen molar-refractivity contribution in [3.05, 3.63) is 47.8 Å². The molecule has 0 saturated carbocycles. The van der Waals surface area contributed by atoms with E-state index in [2.05, 4.69) is 26.8 Å². The molecule has 1 aromatic heterocycles. The van der Waals surface area contributed by atoms with Gasteiger partial charge in [0.05, 0.1) is 12.7 Å². The average Bonchev–Trinajstić information content (AvgIpc) is 3.13. The Balaban J connectivity index is 0.00000192. The van der Waals surface area contributed by atoms with Crippen LogP contribution in [0.1, 0.15) is 11.1 Å². The average molecular weight is 427 g/mol. The fraction of sp³-hybridized carbons (Fsp3) is 0.375. The molecule has 0 radical (unpaired) electrons. The van der Waals surface area contributed by atoms with Crippen molar-refractivity contribution in [2.75, 3.05) is 13.6 Å². The van der Waals surface area contributed by atoms with E-state index >= 15 is 0 Å². The Morgan fingerprint density at radius 2 is 2.22 bits per heavy atom. The number of hydrogen-bond acceptors (Lipinski definition) is 3. The van der Waals surface area contributed by atoms with E-state index in [9.17, 15) is 0 Å². The molecule has 2 heterocycles. The quantitative estimate of drug-likeness (QED) is 0.443. The minimum atomic E-state index is 0. The lowest BCUT2D eigenvalue weighted by Gasteiger charge is -2.15. The second kappa shape index (κ2) is 8.19. The van der Waals surface area contributed by atoms with E-state index < -0.39 is 0 Å². The van der Waals surface area contributed by atoms with Gasteiger partial charge in [-0.25, -0.2) is 0 Å². The molecule has 23 heavy (non-hydrogen) atoms. The number of rotatable bonds is 4. The van der Waals surface area contributed by atoms with Gasteiger partial charge in [-0.3, -0.25) is 9.67 Å². The second-order valence-corrected chi connectivity index (χ2v) is 5.38. The minimum Gasteiger partial charge on any atom is -0.488 e. The molecule has 6 nitrogen and oxygen atoms in total. The van der Waals surface area contributed by atoms with Crippen LogP contribution in [0.15, 0.2) is 41.7 Å². The van der Waals surface area contributed by atoms with E-state index in [-0.39, 0.29) is 30.1 Å². The van der Waals surface area contributed by atoms with Crippen LogP contribution in [-0.2, 0) is 20.0 Å². The molecule has 2 N–H and O–H groups in total. The SMILES string of the molecule is CN=C(NCc1cnn(C)c1)NCC1Cc2ccccc2O1.I. The highest BCUT2D eigenvalue weighted by molar-refractivity contribution is 14.0. The molecule has 0 amide bonds. The van der Waals surface area contributed by atoms with E-state index in [4.69, 9.17) is 4.74 Å². The van der Waals surface area contributed by atoms with Gasteiger partial charge in [0.2, 0.25) is 0 Å². The highest BCUT2D eigenvalue weighted by Crippen LogP contribution is 2.27. The molecule has 1 aliphatic heterocycles. The molecule has 1 aromatic carbocycles. The maximum atomic E-state index is 5.91. The highest BCUT2D eigenvalue weighted by Gasteiger charge is 2.22. The van der Waals surface area contributed by atoms with Crippen LogP contribution in [0.2, 0.25) is 0 Å². The lowest BCUT2D eigenvalue weighted by molar-refractivity contribution is 0.235. The Bertz CT molecular complexity index is 645. The minimum absolute atomic E-state index is 0.